The number of halogens is 3. The second kappa shape index (κ2) is 5.59. The van der Waals surface area contributed by atoms with Crippen LogP contribution in [0.1, 0.15) is 31.2 Å². The Hall–Kier alpha value is -0.310. The second-order valence-electron chi connectivity index (χ2n) is 5.77. The van der Waals surface area contributed by atoms with Crippen molar-refractivity contribution in [2.75, 3.05) is 6.54 Å². The highest BCUT2D eigenvalue weighted by Gasteiger charge is 2.38. The number of fused-ring (bicyclic) bond motifs is 1. The Morgan fingerprint density at radius 2 is 2.05 bits per heavy atom. The van der Waals surface area contributed by atoms with Crippen LogP contribution in [0.25, 0.3) is 0 Å². The topological polar surface area (TPSA) is 12.0 Å². The van der Waals surface area contributed by atoms with Crippen LogP contribution >= 0.6 is 23.2 Å². The molecule has 1 heterocycles. The van der Waals surface area contributed by atoms with Crippen molar-refractivity contribution < 1.29 is 4.39 Å². The Bertz CT molecular complexity index is 477. The molecule has 3 rings (SSSR count). The van der Waals surface area contributed by atoms with Crippen molar-refractivity contribution in [3.05, 3.63) is 33.6 Å². The first-order valence-corrected chi connectivity index (χ1v) is 7.77. The number of aryl methyl sites for hydroxylation is 1. The third-order valence-electron chi connectivity index (χ3n) is 4.69. The van der Waals surface area contributed by atoms with Gasteiger partial charge in [0.25, 0.3) is 0 Å². The monoisotopic (exact) mass is 301 g/mol. The summed E-state index contributed by atoms with van der Waals surface area (Å²) in [7, 11) is 0. The molecule has 0 amide bonds. The van der Waals surface area contributed by atoms with Crippen LogP contribution in [0.15, 0.2) is 12.1 Å². The van der Waals surface area contributed by atoms with E-state index >= 15 is 0 Å². The first kappa shape index (κ1) is 13.7. The van der Waals surface area contributed by atoms with Gasteiger partial charge in [0, 0.05) is 11.1 Å². The van der Waals surface area contributed by atoms with Gasteiger partial charge in [-0.15, -0.1) is 0 Å². The van der Waals surface area contributed by atoms with Crippen LogP contribution in [0.4, 0.5) is 4.39 Å². The maximum Gasteiger partial charge on any atom is 0.142 e. The summed E-state index contributed by atoms with van der Waals surface area (Å²) < 4.78 is 13.5. The summed E-state index contributed by atoms with van der Waals surface area (Å²) in [4.78, 5) is 0. The third kappa shape index (κ3) is 2.76. The van der Waals surface area contributed by atoms with E-state index in [9.17, 15) is 4.39 Å². The van der Waals surface area contributed by atoms with Crippen LogP contribution in [0, 0.1) is 17.7 Å². The molecule has 3 unspecified atom stereocenters. The van der Waals surface area contributed by atoms with Crippen LogP contribution in [0.2, 0.25) is 10.0 Å². The highest BCUT2D eigenvalue weighted by Crippen LogP contribution is 2.39. The molecule has 104 valence electrons. The SMILES string of the molecule is Fc1cc(CCC2NCC3CCCC32)c(Cl)cc1Cl. The van der Waals surface area contributed by atoms with E-state index in [1.54, 1.807) is 0 Å². The Morgan fingerprint density at radius 3 is 2.89 bits per heavy atom. The van der Waals surface area contributed by atoms with E-state index in [0.717, 1.165) is 36.8 Å². The Balaban J connectivity index is 1.65. The third-order valence-corrected chi connectivity index (χ3v) is 5.33. The van der Waals surface area contributed by atoms with Crippen molar-refractivity contribution >= 4 is 23.2 Å². The van der Waals surface area contributed by atoms with Crippen LogP contribution in [-0.2, 0) is 6.42 Å². The van der Waals surface area contributed by atoms with E-state index < -0.39 is 0 Å². The van der Waals surface area contributed by atoms with Gasteiger partial charge in [-0.1, -0.05) is 29.6 Å². The molecule has 2 aliphatic rings. The van der Waals surface area contributed by atoms with E-state index in [0.29, 0.717) is 11.1 Å². The van der Waals surface area contributed by atoms with Gasteiger partial charge >= 0.3 is 0 Å². The Morgan fingerprint density at radius 1 is 1.21 bits per heavy atom. The number of benzene rings is 1. The lowest BCUT2D eigenvalue weighted by Gasteiger charge is -2.18. The van der Waals surface area contributed by atoms with E-state index in [1.807, 2.05) is 0 Å². The first-order chi connectivity index (χ1) is 9.15. The molecule has 0 radical (unpaired) electrons. The largest absolute Gasteiger partial charge is 0.313 e. The zero-order valence-electron chi connectivity index (χ0n) is 10.8. The second-order valence-corrected chi connectivity index (χ2v) is 6.58. The lowest BCUT2D eigenvalue weighted by Crippen LogP contribution is -2.27. The molecule has 1 aliphatic carbocycles. The van der Waals surface area contributed by atoms with E-state index in [2.05, 4.69) is 5.32 Å². The van der Waals surface area contributed by atoms with Gasteiger partial charge in [-0.2, -0.15) is 0 Å². The maximum absolute atomic E-state index is 13.5. The summed E-state index contributed by atoms with van der Waals surface area (Å²) in [5.41, 5.74) is 0.867. The quantitative estimate of drug-likeness (QED) is 0.813. The minimum Gasteiger partial charge on any atom is -0.313 e. The zero-order valence-corrected chi connectivity index (χ0v) is 12.3. The molecule has 1 aliphatic heterocycles. The van der Waals surface area contributed by atoms with E-state index in [-0.39, 0.29) is 10.8 Å². The fraction of sp³-hybridized carbons (Fsp3) is 0.600. The summed E-state index contributed by atoms with van der Waals surface area (Å²) in [5, 5.41) is 4.29. The van der Waals surface area contributed by atoms with Crippen molar-refractivity contribution in [1.82, 2.24) is 5.32 Å². The lowest BCUT2D eigenvalue weighted by molar-refractivity contribution is 0.393. The number of rotatable bonds is 3. The van der Waals surface area contributed by atoms with E-state index in [4.69, 9.17) is 23.2 Å². The average molecular weight is 302 g/mol. The summed E-state index contributed by atoms with van der Waals surface area (Å²) in [5.74, 6) is 1.30. The molecule has 3 atom stereocenters. The molecule has 1 nitrogen and oxygen atoms in total. The van der Waals surface area contributed by atoms with Crippen molar-refractivity contribution in [2.24, 2.45) is 11.8 Å². The summed E-state index contributed by atoms with van der Waals surface area (Å²) in [6, 6.07) is 3.56. The van der Waals surface area contributed by atoms with Gasteiger partial charge in [0.05, 0.1) is 5.02 Å². The summed E-state index contributed by atoms with van der Waals surface area (Å²) in [6.45, 7) is 1.15. The predicted octanol–water partition coefficient (Wildman–Crippen LogP) is 4.45. The molecule has 0 aromatic heterocycles. The molecule has 1 N–H and O–H groups in total. The summed E-state index contributed by atoms with van der Waals surface area (Å²) >= 11 is 11.8. The summed E-state index contributed by atoms with van der Waals surface area (Å²) in [6.07, 6.45) is 5.91. The van der Waals surface area contributed by atoms with E-state index in [1.165, 1.54) is 31.4 Å². The molecule has 1 saturated heterocycles. The molecular weight excluding hydrogens is 284 g/mol. The fourth-order valence-electron chi connectivity index (χ4n) is 3.69. The predicted molar refractivity (Wildman–Crippen MR) is 77.4 cm³/mol. The first-order valence-electron chi connectivity index (χ1n) is 7.02. The van der Waals surface area contributed by atoms with Gasteiger partial charge in [-0.25, -0.2) is 4.39 Å². The van der Waals surface area contributed by atoms with Gasteiger partial charge in [-0.3, -0.25) is 0 Å². The highest BCUT2D eigenvalue weighted by atomic mass is 35.5. The van der Waals surface area contributed by atoms with Crippen molar-refractivity contribution in [2.45, 2.75) is 38.1 Å². The molecule has 1 aromatic carbocycles. The fourth-order valence-corrected chi connectivity index (χ4v) is 4.16. The smallest absolute Gasteiger partial charge is 0.142 e. The Kier molecular flexibility index (Phi) is 4.02. The van der Waals surface area contributed by atoms with Crippen LogP contribution in [0.3, 0.4) is 0 Å². The van der Waals surface area contributed by atoms with Gasteiger partial charge in [-0.05, 0) is 61.8 Å². The van der Waals surface area contributed by atoms with Crippen LogP contribution in [0.5, 0.6) is 0 Å². The maximum atomic E-state index is 13.5. The minimum absolute atomic E-state index is 0.101. The molecule has 19 heavy (non-hydrogen) atoms. The van der Waals surface area contributed by atoms with Crippen LogP contribution < -0.4 is 5.32 Å². The van der Waals surface area contributed by atoms with Crippen molar-refractivity contribution in [3.8, 4) is 0 Å². The standard InChI is InChI=1S/C15H18Cl2FN/c16-12-7-13(17)14(18)6-9(12)4-5-15-11-3-1-2-10(11)8-19-15/h6-7,10-11,15,19H,1-5,8H2. The zero-order chi connectivity index (χ0) is 13.4. The lowest BCUT2D eigenvalue weighted by atomic mass is 9.90. The van der Waals surface area contributed by atoms with Gasteiger partial charge in [0.1, 0.15) is 5.82 Å². The van der Waals surface area contributed by atoms with Gasteiger partial charge in [0.2, 0.25) is 0 Å². The number of hydrogen-bond donors (Lipinski definition) is 1. The average Bonchev–Trinajstić information content (AvgIpc) is 2.95. The molecule has 1 aromatic rings. The normalized spacial score (nSPS) is 29.7. The molecule has 1 saturated carbocycles. The molecular formula is C15H18Cl2FN. The van der Waals surface area contributed by atoms with Crippen molar-refractivity contribution in [3.63, 3.8) is 0 Å². The highest BCUT2D eigenvalue weighted by molar-refractivity contribution is 6.35. The molecule has 4 heteroatoms. The number of hydrogen-bond acceptors (Lipinski definition) is 1. The van der Waals surface area contributed by atoms with Gasteiger partial charge < -0.3 is 5.32 Å². The number of nitrogens with one attached hydrogen (secondary N) is 1. The molecule has 2 fully saturated rings. The Labute approximate surface area is 123 Å². The van der Waals surface area contributed by atoms with Crippen molar-refractivity contribution in [1.29, 1.82) is 0 Å². The minimum atomic E-state index is -0.376. The molecule has 0 bridgehead atoms. The van der Waals surface area contributed by atoms with Crippen LogP contribution in [-0.4, -0.2) is 12.6 Å². The van der Waals surface area contributed by atoms with Gasteiger partial charge in [0.15, 0.2) is 0 Å². The molecule has 0 spiro atoms.